The fourth-order valence-electron chi connectivity index (χ4n) is 4.17. The monoisotopic (exact) mass is 523 g/mol. The van der Waals surface area contributed by atoms with E-state index in [-0.39, 0.29) is 21.5 Å². The first-order valence-electron chi connectivity index (χ1n) is 11.0. The van der Waals surface area contributed by atoms with Crippen LogP contribution in [0.1, 0.15) is 29.7 Å². The number of carbonyl (C=O) groups excluding carboxylic acids is 2. The van der Waals surface area contributed by atoms with Gasteiger partial charge in [0.25, 0.3) is 5.78 Å². The van der Waals surface area contributed by atoms with Crippen molar-refractivity contribution in [3.8, 4) is 5.75 Å². The summed E-state index contributed by atoms with van der Waals surface area (Å²) in [5, 5.41) is 11.4. The first kappa shape index (κ1) is 23.9. The number of fused-ring (bicyclic) bond motifs is 1. The molecule has 5 rings (SSSR count). The van der Waals surface area contributed by atoms with Gasteiger partial charge in [-0.1, -0.05) is 29.0 Å². The Balaban J connectivity index is 1.69. The Labute approximate surface area is 214 Å². The standard InChI is InChI=1S/C26H19ClFN3O4S/c1-3-35-19-7-6-14(9-13(19)2)23(32)21-22(15-5-4-8-29-12-15)31(25(34)24(21)33)26-30-18-10-16(27)17(28)11-20(18)36-26/h4-12,22,32H,3H2,1-2H3/b23-21+. The number of aryl methyl sites for hydroxylation is 1. The third kappa shape index (κ3) is 4.00. The van der Waals surface area contributed by atoms with E-state index in [0.717, 1.165) is 16.9 Å². The molecule has 1 atom stereocenters. The van der Waals surface area contributed by atoms with Crippen molar-refractivity contribution in [2.45, 2.75) is 19.9 Å². The summed E-state index contributed by atoms with van der Waals surface area (Å²) in [7, 11) is 0. The van der Waals surface area contributed by atoms with Gasteiger partial charge >= 0.3 is 5.91 Å². The highest BCUT2D eigenvalue weighted by molar-refractivity contribution is 7.22. The van der Waals surface area contributed by atoms with Crippen molar-refractivity contribution in [2.24, 2.45) is 0 Å². The number of halogens is 2. The van der Waals surface area contributed by atoms with Crippen molar-refractivity contribution >= 4 is 55.7 Å². The zero-order chi connectivity index (χ0) is 25.6. The average molecular weight is 524 g/mol. The number of nitrogens with zero attached hydrogens (tertiary/aromatic N) is 3. The van der Waals surface area contributed by atoms with E-state index in [4.69, 9.17) is 16.3 Å². The highest BCUT2D eigenvalue weighted by Crippen LogP contribution is 2.44. The van der Waals surface area contributed by atoms with Crippen LogP contribution in [-0.4, -0.2) is 33.4 Å². The lowest BCUT2D eigenvalue weighted by Crippen LogP contribution is -2.29. The molecule has 2 aromatic heterocycles. The molecular weight excluding hydrogens is 505 g/mol. The maximum Gasteiger partial charge on any atom is 0.301 e. The highest BCUT2D eigenvalue weighted by atomic mass is 35.5. The third-order valence-corrected chi connectivity index (χ3v) is 7.13. The molecule has 36 heavy (non-hydrogen) atoms. The maximum atomic E-state index is 14.0. The molecule has 10 heteroatoms. The van der Waals surface area contributed by atoms with Crippen molar-refractivity contribution in [3.63, 3.8) is 0 Å². The number of rotatable bonds is 5. The molecule has 0 spiro atoms. The van der Waals surface area contributed by atoms with Gasteiger partial charge in [0.15, 0.2) is 5.13 Å². The molecule has 1 N–H and O–H groups in total. The summed E-state index contributed by atoms with van der Waals surface area (Å²) in [5.74, 6) is -2.02. The minimum absolute atomic E-state index is 0.0972. The Morgan fingerprint density at radius 1 is 1.25 bits per heavy atom. The number of Topliss-reactive ketones (excluding diaryl/α,β-unsaturated/α-hetero) is 1. The van der Waals surface area contributed by atoms with Crippen LogP contribution in [0.15, 0.2) is 60.4 Å². The van der Waals surface area contributed by atoms with Crippen LogP contribution in [0.2, 0.25) is 5.02 Å². The van der Waals surface area contributed by atoms with Crippen LogP contribution in [0.25, 0.3) is 16.0 Å². The van der Waals surface area contributed by atoms with Gasteiger partial charge in [0.1, 0.15) is 17.3 Å². The predicted molar refractivity (Wildman–Crippen MR) is 136 cm³/mol. The van der Waals surface area contributed by atoms with Gasteiger partial charge in [0.2, 0.25) is 0 Å². The number of aliphatic hydroxyl groups excluding tert-OH is 1. The number of hydrogen-bond donors (Lipinski definition) is 1. The van der Waals surface area contributed by atoms with Crippen molar-refractivity contribution in [3.05, 3.63) is 88.0 Å². The second kappa shape index (κ2) is 9.33. The summed E-state index contributed by atoms with van der Waals surface area (Å²) >= 11 is 6.95. The number of ketones is 1. The minimum atomic E-state index is -0.994. The summed E-state index contributed by atoms with van der Waals surface area (Å²) in [5.41, 5.74) is 1.92. The molecule has 1 aliphatic heterocycles. The Bertz CT molecular complexity index is 1510. The van der Waals surface area contributed by atoms with Crippen LogP contribution >= 0.6 is 22.9 Å². The van der Waals surface area contributed by atoms with Gasteiger partial charge in [-0.3, -0.25) is 19.5 Å². The number of ether oxygens (including phenoxy) is 1. The van der Waals surface area contributed by atoms with E-state index >= 15 is 0 Å². The van der Waals surface area contributed by atoms with Crippen LogP contribution in [0, 0.1) is 12.7 Å². The summed E-state index contributed by atoms with van der Waals surface area (Å²) in [6, 6.07) is 10.0. The van der Waals surface area contributed by atoms with E-state index in [2.05, 4.69) is 9.97 Å². The van der Waals surface area contributed by atoms with E-state index in [9.17, 15) is 19.1 Å². The van der Waals surface area contributed by atoms with E-state index in [1.165, 1.54) is 23.2 Å². The number of pyridine rings is 1. The lowest BCUT2D eigenvalue weighted by Gasteiger charge is -2.22. The lowest BCUT2D eigenvalue weighted by molar-refractivity contribution is -0.132. The topological polar surface area (TPSA) is 92.6 Å². The zero-order valence-corrected chi connectivity index (χ0v) is 20.7. The smallest absolute Gasteiger partial charge is 0.301 e. The first-order valence-corrected chi connectivity index (χ1v) is 12.2. The van der Waals surface area contributed by atoms with Crippen LogP contribution in [0.5, 0.6) is 5.75 Å². The molecule has 1 saturated heterocycles. The first-order chi connectivity index (χ1) is 17.3. The number of aliphatic hydroxyl groups is 1. The van der Waals surface area contributed by atoms with Gasteiger partial charge < -0.3 is 9.84 Å². The number of amides is 1. The Hall–Kier alpha value is -3.82. The van der Waals surface area contributed by atoms with Crippen LogP contribution in [-0.2, 0) is 9.59 Å². The molecule has 1 fully saturated rings. The van der Waals surface area contributed by atoms with Gasteiger partial charge in [0.05, 0.1) is 33.5 Å². The molecule has 0 aliphatic carbocycles. The Kier molecular flexibility index (Phi) is 6.19. The molecule has 0 saturated carbocycles. The number of hydrogen-bond acceptors (Lipinski definition) is 7. The molecular formula is C26H19ClFN3O4S. The largest absolute Gasteiger partial charge is 0.507 e. The molecule has 7 nitrogen and oxygen atoms in total. The molecule has 1 aliphatic rings. The molecule has 0 radical (unpaired) electrons. The number of benzene rings is 2. The lowest BCUT2D eigenvalue weighted by atomic mass is 9.96. The number of aromatic nitrogens is 2. The van der Waals surface area contributed by atoms with Gasteiger partial charge in [-0.05, 0) is 61.4 Å². The van der Waals surface area contributed by atoms with E-state index < -0.39 is 23.5 Å². The second-order valence-electron chi connectivity index (χ2n) is 8.10. The fourth-order valence-corrected chi connectivity index (χ4v) is 5.32. The SMILES string of the molecule is CCOc1ccc(/C(O)=C2\C(=O)C(=O)N(c3nc4cc(Cl)c(F)cc4s3)C2c2cccnc2)cc1C. The van der Waals surface area contributed by atoms with Gasteiger partial charge in [0, 0.05) is 18.0 Å². The quantitative estimate of drug-likeness (QED) is 0.201. The number of thiazole rings is 1. The Morgan fingerprint density at radius 3 is 2.75 bits per heavy atom. The molecule has 1 amide bonds. The maximum absolute atomic E-state index is 14.0. The van der Waals surface area contributed by atoms with Crippen LogP contribution in [0.4, 0.5) is 9.52 Å². The van der Waals surface area contributed by atoms with Gasteiger partial charge in [-0.15, -0.1) is 0 Å². The molecule has 0 bridgehead atoms. The molecule has 1 unspecified atom stereocenters. The summed E-state index contributed by atoms with van der Waals surface area (Å²) in [4.78, 5) is 36.4. The van der Waals surface area contributed by atoms with E-state index in [1.807, 2.05) is 13.8 Å². The molecule has 3 heterocycles. The second-order valence-corrected chi connectivity index (χ2v) is 9.52. The summed E-state index contributed by atoms with van der Waals surface area (Å²) in [6.45, 7) is 4.17. The molecule has 182 valence electrons. The van der Waals surface area contributed by atoms with Crippen molar-refractivity contribution in [1.82, 2.24) is 9.97 Å². The van der Waals surface area contributed by atoms with Gasteiger partial charge in [-0.2, -0.15) is 0 Å². The summed E-state index contributed by atoms with van der Waals surface area (Å²) < 4.78 is 20.1. The highest BCUT2D eigenvalue weighted by Gasteiger charge is 2.48. The third-order valence-electron chi connectivity index (χ3n) is 5.82. The predicted octanol–water partition coefficient (Wildman–Crippen LogP) is 5.82. The van der Waals surface area contributed by atoms with Crippen LogP contribution < -0.4 is 9.64 Å². The van der Waals surface area contributed by atoms with Gasteiger partial charge in [-0.25, -0.2) is 9.37 Å². The number of anilines is 1. The summed E-state index contributed by atoms with van der Waals surface area (Å²) in [6.07, 6.45) is 3.08. The molecule has 2 aromatic carbocycles. The van der Waals surface area contributed by atoms with Crippen molar-refractivity contribution in [1.29, 1.82) is 0 Å². The van der Waals surface area contributed by atoms with Crippen molar-refractivity contribution in [2.75, 3.05) is 11.5 Å². The Morgan fingerprint density at radius 2 is 2.06 bits per heavy atom. The van der Waals surface area contributed by atoms with E-state index in [0.29, 0.717) is 33.7 Å². The van der Waals surface area contributed by atoms with Crippen LogP contribution in [0.3, 0.4) is 0 Å². The van der Waals surface area contributed by atoms with Crippen molar-refractivity contribution < 1.29 is 23.8 Å². The normalized spacial score (nSPS) is 17.2. The number of carbonyl (C=O) groups is 2. The van der Waals surface area contributed by atoms with E-state index in [1.54, 1.807) is 36.5 Å². The average Bonchev–Trinajstić information content (AvgIpc) is 3.38. The minimum Gasteiger partial charge on any atom is -0.507 e. The fraction of sp³-hybridized carbons (Fsp3) is 0.154. The molecule has 4 aromatic rings. The zero-order valence-electron chi connectivity index (χ0n) is 19.2.